The second-order valence-corrected chi connectivity index (χ2v) is 9.90. The number of fused-ring (bicyclic) bond motifs is 1. The van der Waals surface area contributed by atoms with E-state index in [0.29, 0.717) is 34.6 Å². The first-order valence-electron chi connectivity index (χ1n) is 12.2. The molecule has 0 N–H and O–H groups in total. The van der Waals surface area contributed by atoms with Gasteiger partial charge in [-0.05, 0) is 42.7 Å². The van der Waals surface area contributed by atoms with Crippen LogP contribution in [0.15, 0.2) is 81.1 Å². The summed E-state index contributed by atoms with van der Waals surface area (Å²) < 4.78 is 14.1. The van der Waals surface area contributed by atoms with E-state index < -0.39 is 0 Å². The molecule has 0 atom stereocenters. The average Bonchev–Trinajstić information content (AvgIpc) is 2.92. The van der Waals surface area contributed by atoms with Crippen LogP contribution in [0.1, 0.15) is 55.0 Å². The van der Waals surface area contributed by atoms with Crippen molar-refractivity contribution >= 4 is 33.0 Å². The Balaban J connectivity index is 1.58. The van der Waals surface area contributed by atoms with Crippen molar-refractivity contribution in [3.63, 3.8) is 0 Å². The molecule has 7 heteroatoms. The minimum Gasteiger partial charge on any atom is -0.493 e. The first-order chi connectivity index (χ1) is 17.6. The highest BCUT2D eigenvalue weighted by atomic mass is 79.9. The molecule has 0 radical (unpaired) electrons. The summed E-state index contributed by atoms with van der Waals surface area (Å²) in [4.78, 5) is 18.4. The molecule has 1 heterocycles. The molecule has 1 aromatic heterocycles. The van der Waals surface area contributed by atoms with E-state index in [4.69, 9.17) is 19.6 Å². The summed E-state index contributed by atoms with van der Waals surface area (Å²) in [5.41, 5.74) is 2.29. The predicted octanol–water partition coefficient (Wildman–Crippen LogP) is 6.68. The fourth-order valence-electron chi connectivity index (χ4n) is 4.72. The summed E-state index contributed by atoms with van der Waals surface area (Å²) >= 11 is 3.56. The van der Waals surface area contributed by atoms with Gasteiger partial charge in [-0.3, -0.25) is 4.79 Å². The van der Waals surface area contributed by atoms with Gasteiger partial charge in [-0.2, -0.15) is 9.78 Å². The molecule has 36 heavy (non-hydrogen) atoms. The predicted molar refractivity (Wildman–Crippen MR) is 146 cm³/mol. The molecule has 1 fully saturated rings. The second-order valence-electron chi connectivity index (χ2n) is 8.98. The van der Waals surface area contributed by atoms with Gasteiger partial charge in [0.05, 0.1) is 24.2 Å². The molecule has 3 aromatic carbocycles. The van der Waals surface area contributed by atoms with Gasteiger partial charge in [0, 0.05) is 16.0 Å². The first-order valence-corrected chi connectivity index (χ1v) is 13.0. The van der Waals surface area contributed by atoms with E-state index in [2.05, 4.69) is 15.9 Å². The number of nitrogens with zero attached hydrogens (tertiary/aromatic N) is 3. The summed E-state index contributed by atoms with van der Waals surface area (Å²) in [6.45, 7) is 0.379. The molecule has 184 valence electrons. The highest BCUT2D eigenvalue weighted by Crippen LogP contribution is 2.35. The maximum absolute atomic E-state index is 13.5. The van der Waals surface area contributed by atoms with Crippen molar-refractivity contribution in [3.8, 4) is 11.5 Å². The van der Waals surface area contributed by atoms with Crippen LogP contribution >= 0.6 is 15.9 Å². The Bertz CT molecular complexity index is 1440. The summed E-state index contributed by atoms with van der Waals surface area (Å²) in [6, 6.07) is 21.2. The Hall–Kier alpha value is -3.45. The number of para-hydroxylation sites is 1. The van der Waals surface area contributed by atoms with Crippen LogP contribution in [0.2, 0.25) is 0 Å². The highest BCUT2D eigenvalue weighted by Gasteiger charge is 2.22. The maximum atomic E-state index is 13.5. The normalized spacial score (nSPS) is 14.4. The Labute approximate surface area is 218 Å². The third-order valence-electron chi connectivity index (χ3n) is 6.56. The number of methoxy groups -OCH3 is 1. The summed E-state index contributed by atoms with van der Waals surface area (Å²) in [5, 5.41) is 5.25. The molecule has 0 bridgehead atoms. The molecule has 1 aliphatic rings. The number of hydrogen-bond donors (Lipinski definition) is 0. The Kier molecular flexibility index (Phi) is 7.47. The lowest BCUT2D eigenvalue weighted by Gasteiger charge is -2.22. The smallest absolute Gasteiger partial charge is 0.282 e. The Morgan fingerprint density at radius 3 is 2.58 bits per heavy atom. The van der Waals surface area contributed by atoms with E-state index in [1.165, 1.54) is 11.1 Å². The average molecular weight is 546 g/mol. The topological polar surface area (TPSA) is 65.7 Å². The zero-order valence-electron chi connectivity index (χ0n) is 20.2. The standard InChI is InChI=1S/C29H28BrN3O3/c1-35-26-17-23(30)16-22(27(26)36-19-20-10-4-2-5-11-20)18-31-33-28(21-12-6-3-7-13-21)32-25-15-9-8-14-24(25)29(33)34/h2,4-5,8-11,14-18,21H,3,6-7,12-13,19H2,1H3. The van der Waals surface area contributed by atoms with E-state index in [0.717, 1.165) is 41.5 Å². The molecule has 1 saturated carbocycles. The number of aromatic nitrogens is 2. The molecule has 0 aliphatic heterocycles. The lowest BCUT2D eigenvalue weighted by molar-refractivity contribution is 0.284. The fourth-order valence-corrected chi connectivity index (χ4v) is 5.17. The zero-order valence-corrected chi connectivity index (χ0v) is 21.8. The number of ether oxygens (including phenoxy) is 2. The molecule has 4 aromatic rings. The molecule has 0 spiro atoms. The monoisotopic (exact) mass is 545 g/mol. The van der Waals surface area contributed by atoms with Crippen molar-refractivity contribution in [1.29, 1.82) is 0 Å². The molecule has 5 rings (SSSR count). The van der Waals surface area contributed by atoms with Crippen LogP contribution in [0, 0.1) is 0 Å². The SMILES string of the molecule is COc1cc(Br)cc(C=Nn2c(C3CCCCC3)nc3ccccc3c2=O)c1OCc1ccccc1. The zero-order chi connectivity index (χ0) is 24.9. The summed E-state index contributed by atoms with van der Waals surface area (Å²) in [5.74, 6) is 2.08. The van der Waals surface area contributed by atoms with Gasteiger partial charge in [0.1, 0.15) is 12.4 Å². The number of halogens is 1. The van der Waals surface area contributed by atoms with Crippen LogP contribution in [-0.4, -0.2) is 23.0 Å². The van der Waals surface area contributed by atoms with Crippen molar-refractivity contribution in [2.45, 2.75) is 44.6 Å². The van der Waals surface area contributed by atoms with Crippen LogP contribution < -0.4 is 15.0 Å². The molecule has 0 amide bonds. The van der Waals surface area contributed by atoms with E-state index in [1.54, 1.807) is 19.4 Å². The van der Waals surface area contributed by atoms with Gasteiger partial charge >= 0.3 is 0 Å². The van der Waals surface area contributed by atoms with Gasteiger partial charge in [0.25, 0.3) is 5.56 Å². The lowest BCUT2D eigenvalue weighted by Crippen LogP contribution is -2.25. The minimum atomic E-state index is -0.161. The van der Waals surface area contributed by atoms with E-state index in [9.17, 15) is 4.79 Å². The summed E-state index contributed by atoms with van der Waals surface area (Å²) in [7, 11) is 1.61. The third-order valence-corrected chi connectivity index (χ3v) is 7.01. The first kappa shape index (κ1) is 24.3. The van der Waals surface area contributed by atoms with Crippen molar-refractivity contribution in [1.82, 2.24) is 9.66 Å². The number of rotatable bonds is 7. The van der Waals surface area contributed by atoms with Crippen molar-refractivity contribution < 1.29 is 9.47 Å². The molecule has 0 saturated heterocycles. The van der Waals surface area contributed by atoms with Crippen LogP contribution in [0.4, 0.5) is 0 Å². The molecule has 0 unspecified atom stereocenters. The number of benzene rings is 3. The van der Waals surface area contributed by atoms with Crippen molar-refractivity contribution in [2.24, 2.45) is 5.10 Å². The lowest BCUT2D eigenvalue weighted by atomic mass is 9.88. The highest BCUT2D eigenvalue weighted by molar-refractivity contribution is 9.10. The van der Waals surface area contributed by atoms with Crippen LogP contribution in [0.3, 0.4) is 0 Å². The third kappa shape index (κ3) is 5.21. The minimum absolute atomic E-state index is 0.161. The van der Waals surface area contributed by atoms with Crippen molar-refractivity contribution in [3.05, 3.63) is 98.5 Å². The molecule has 1 aliphatic carbocycles. The van der Waals surface area contributed by atoms with Crippen LogP contribution in [0.5, 0.6) is 11.5 Å². The van der Waals surface area contributed by atoms with E-state index >= 15 is 0 Å². The van der Waals surface area contributed by atoms with Gasteiger partial charge in [-0.25, -0.2) is 4.98 Å². The van der Waals surface area contributed by atoms with E-state index in [-0.39, 0.29) is 11.5 Å². The van der Waals surface area contributed by atoms with Gasteiger partial charge in [0.2, 0.25) is 0 Å². The number of hydrogen-bond acceptors (Lipinski definition) is 5. The fraction of sp³-hybridized carbons (Fsp3) is 0.276. The van der Waals surface area contributed by atoms with Gasteiger partial charge < -0.3 is 9.47 Å². The Morgan fingerprint density at radius 2 is 1.81 bits per heavy atom. The summed E-state index contributed by atoms with van der Waals surface area (Å²) in [6.07, 6.45) is 7.18. The van der Waals surface area contributed by atoms with Gasteiger partial charge in [-0.15, -0.1) is 0 Å². The van der Waals surface area contributed by atoms with Gasteiger partial charge in [0.15, 0.2) is 11.5 Å². The molecular weight excluding hydrogens is 518 g/mol. The maximum Gasteiger partial charge on any atom is 0.282 e. The van der Waals surface area contributed by atoms with Gasteiger partial charge in [-0.1, -0.05) is 77.7 Å². The quantitative estimate of drug-likeness (QED) is 0.243. The molecular formula is C29H28BrN3O3. The van der Waals surface area contributed by atoms with E-state index in [1.807, 2.05) is 60.7 Å². The second kappa shape index (κ2) is 11.1. The largest absolute Gasteiger partial charge is 0.493 e. The van der Waals surface area contributed by atoms with Crippen LogP contribution in [0.25, 0.3) is 10.9 Å². The van der Waals surface area contributed by atoms with Crippen LogP contribution in [-0.2, 0) is 6.61 Å². The Morgan fingerprint density at radius 1 is 1.06 bits per heavy atom. The van der Waals surface area contributed by atoms with Crippen molar-refractivity contribution in [2.75, 3.05) is 7.11 Å². The molecule has 6 nitrogen and oxygen atoms in total.